The van der Waals surface area contributed by atoms with Crippen LogP contribution in [-0.4, -0.2) is 19.0 Å². The van der Waals surface area contributed by atoms with Crippen LogP contribution in [0.1, 0.15) is 38.2 Å². The van der Waals surface area contributed by atoms with Crippen LogP contribution in [-0.2, 0) is 4.79 Å². The Kier molecular flexibility index (Phi) is 5.67. The molecule has 5 heteroatoms. The van der Waals surface area contributed by atoms with Crippen LogP contribution in [0.25, 0.3) is 0 Å². The predicted molar refractivity (Wildman–Crippen MR) is 79.4 cm³/mol. The van der Waals surface area contributed by atoms with Crippen LogP contribution in [0.3, 0.4) is 0 Å². The number of carbonyl (C=O) groups excluding carboxylic acids is 1. The Morgan fingerprint density at radius 1 is 1.48 bits per heavy atom. The number of anilines is 1. The van der Waals surface area contributed by atoms with E-state index in [0.717, 1.165) is 25.9 Å². The average Bonchev–Trinajstić information content (AvgIpc) is 2.48. The molecular formula is C16H22F2N2O. The van der Waals surface area contributed by atoms with Crippen LogP contribution < -0.4 is 10.6 Å². The van der Waals surface area contributed by atoms with Gasteiger partial charge in [-0.3, -0.25) is 4.79 Å². The van der Waals surface area contributed by atoms with Gasteiger partial charge in [-0.25, -0.2) is 8.78 Å². The summed E-state index contributed by atoms with van der Waals surface area (Å²) >= 11 is 0. The highest BCUT2D eigenvalue weighted by Crippen LogP contribution is 2.24. The minimum atomic E-state index is -2.52. The van der Waals surface area contributed by atoms with Crippen molar-refractivity contribution in [3.63, 3.8) is 0 Å². The Hall–Kier alpha value is -1.49. The van der Waals surface area contributed by atoms with Crippen molar-refractivity contribution >= 4 is 11.6 Å². The van der Waals surface area contributed by atoms with Crippen molar-refractivity contribution < 1.29 is 13.6 Å². The van der Waals surface area contributed by atoms with E-state index in [1.165, 1.54) is 18.2 Å². The van der Waals surface area contributed by atoms with Crippen molar-refractivity contribution in [3.8, 4) is 0 Å². The molecule has 1 amide bonds. The molecule has 1 aliphatic rings. The smallest absolute Gasteiger partial charge is 0.263 e. The van der Waals surface area contributed by atoms with E-state index >= 15 is 0 Å². The van der Waals surface area contributed by atoms with Crippen LogP contribution in [0, 0.1) is 11.8 Å². The topological polar surface area (TPSA) is 41.1 Å². The van der Waals surface area contributed by atoms with Crippen molar-refractivity contribution in [2.24, 2.45) is 11.8 Å². The van der Waals surface area contributed by atoms with Crippen molar-refractivity contribution in [2.45, 2.75) is 32.6 Å². The summed E-state index contributed by atoms with van der Waals surface area (Å²) in [5, 5.41) is 6.06. The maximum absolute atomic E-state index is 12.6. The lowest BCUT2D eigenvalue weighted by Gasteiger charge is -2.28. The van der Waals surface area contributed by atoms with E-state index in [4.69, 9.17) is 0 Å². The van der Waals surface area contributed by atoms with Gasteiger partial charge in [0.2, 0.25) is 5.91 Å². The van der Waals surface area contributed by atoms with E-state index in [-0.39, 0.29) is 17.4 Å². The maximum Gasteiger partial charge on any atom is 0.263 e. The first kappa shape index (κ1) is 15.9. The van der Waals surface area contributed by atoms with E-state index in [1.807, 2.05) is 0 Å². The molecule has 0 aromatic heterocycles. The lowest BCUT2D eigenvalue weighted by molar-refractivity contribution is -0.117. The van der Waals surface area contributed by atoms with Gasteiger partial charge in [-0.1, -0.05) is 19.1 Å². The molecule has 0 saturated carbocycles. The number of amides is 1. The summed E-state index contributed by atoms with van der Waals surface area (Å²) in [6.45, 7) is 4.08. The quantitative estimate of drug-likeness (QED) is 0.872. The second kappa shape index (κ2) is 7.50. The van der Waals surface area contributed by atoms with Crippen LogP contribution in [0.2, 0.25) is 0 Å². The summed E-state index contributed by atoms with van der Waals surface area (Å²) in [6.07, 6.45) is 0.190. The standard InChI is InChI=1S/C16H22F2N2O/c1-11(13-5-3-7-19-10-13)8-15(21)20-14-6-2-4-12(9-14)16(17)18/h2,4,6,9,11,13,16,19H,3,5,7-8,10H2,1H3,(H,20,21). The fraction of sp³-hybridized carbons (Fsp3) is 0.562. The van der Waals surface area contributed by atoms with Gasteiger partial charge in [0, 0.05) is 17.7 Å². The first-order chi connectivity index (χ1) is 10.1. The van der Waals surface area contributed by atoms with Gasteiger partial charge in [0.1, 0.15) is 0 Å². The highest BCUT2D eigenvalue weighted by molar-refractivity contribution is 5.90. The molecule has 1 fully saturated rings. The van der Waals surface area contributed by atoms with E-state index < -0.39 is 6.43 Å². The van der Waals surface area contributed by atoms with Gasteiger partial charge in [0.25, 0.3) is 6.43 Å². The maximum atomic E-state index is 12.6. The third kappa shape index (κ3) is 4.77. The van der Waals surface area contributed by atoms with Crippen LogP contribution in [0.4, 0.5) is 14.5 Å². The Morgan fingerprint density at radius 3 is 2.95 bits per heavy atom. The lowest BCUT2D eigenvalue weighted by Crippen LogP contribution is -2.34. The summed E-state index contributed by atoms with van der Waals surface area (Å²) in [7, 11) is 0. The molecule has 2 N–H and O–H groups in total. The molecule has 21 heavy (non-hydrogen) atoms. The third-order valence-electron chi connectivity index (χ3n) is 4.07. The van der Waals surface area contributed by atoms with Gasteiger partial charge >= 0.3 is 0 Å². The first-order valence-electron chi connectivity index (χ1n) is 7.45. The summed E-state index contributed by atoms with van der Waals surface area (Å²) < 4.78 is 25.2. The van der Waals surface area contributed by atoms with Gasteiger partial charge in [0.15, 0.2) is 0 Å². The number of benzene rings is 1. The number of nitrogens with one attached hydrogen (secondary N) is 2. The molecule has 2 atom stereocenters. The third-order valence-corrected chi connectivity index (χ3v) is 4.07. The van der Waals surface area contributed by atoms with Gasteiger partial charge < -0.3 is 10.6 Å². The normalized spacial score (nSPS) is 20.3. The van der Waals surface area contributed by atoms with Crippen LogP contribution in [0.15, 0.2) is 24.3 Å². The van der Waals surface area contributed by atoms with Crippen LogP contribution >= 0.6 is 0 Å². The molecule has 0 spiro atoms. The molecule has 0 radical (unpaired) electrons. The molecule has 116 valence electrons. The van der Waals surface area contributed by atoms with E-state index in [2.05, 4.69) is 17.6 Å². The van der Waals surface area contributed by atoms with E-state index in [1.54, 1.807) is 6.07 Å². The van der Waals surface area contributed by atoms with Gasteiger partial charge in [0.05, 0.1) is 0 Å². The largest absolute Gasteiger partial charge is 0.326 e. The number of carbonyl (C=O) groups is 1. The molecule has 3 nitrogen and oxygen atoms in total. The fourth-order valence-electron chi connectivity index (χ4n) is 2.79. The predicted octanol–water partition coefficient (Wildman–Crippen LogP) is 3.59. The summed E-state index contributed by atoms with van der Waals surface area (Å²) in [5.74, 6) is 0.687. The van der Waals surface area contributed by atoms with Gasteiger partial charge in [-0.2, -0.15) is 0 Å². The SMILES string of the molecule is CC(CC(=O)Nc1cccc(C(F)F)c1)C1CCCNC1. The minimum Gasteiger partial charge on any atom is -0.326 e. The zero-order valence-corrected chi connectivity index (χ0v) is 12.2. The number of halogens is 2. The summed E-state index contributed by atoms with van der Waals surface area (Å²) in [4.78, 5) is 12.0. The molecule has 1 saturated heterocycles. The molecule has 1 aromatic rings. The number of alkyl halides is 2. The second-order valence-electron chi connectivity index (χ2n) is 5.76. The number of hydrogen-bond donors (Lipinski definition) is 2. The molecular weight excluding hydrogens is 274 g/mol. The molecule has 1 aromatic carbocycles. The molecule has 2 rings (SSSR count). The van der Waals surface area contributed by atoms with Gasteiger partial charge in [-0.15, -0.1) is 0 Å². The van der Waals surface area contributed by atoms with E-state index in [9.17, 15) is 13.6 Å². The Bertz CT molecular complexity index is 473. The van der Waals surface area contributed by atoms with E-state index in [0.29, 0.717) is 18.0 Å². The van der Waals surface area contributed by atoms with Crippen molar-refractivity contribution in [2.75, 3.05) is 18.4 Å². The molecule has 1 heterocycles. The van der Waals surface area contributed by atoms with Crippen molar-refractivity contribution in [1.29, 1.82) is 0 Å². The highest BCUT2D eigenvalue weighted by Gasteiger charge is 2.22. The number of piperidine rings is 1. The van der Waals surface area contributed by atoms with Crippen LogP contribution in [0.5, 0.6) is 0 Å². The second-order valence-corrected chi connectivity index (χ2v) is 5.76. The fourth-order valence-corrected chi connectivity index (χ4v) is 2.79. The Labute approximate surface area is 124 Å². The number of rotatable bonds is 5. The van der Waals surface area contributed by atoms with Crippen molar-refractivity contribution in [1.82, 2.24) is 5.32 Å². The number of hydrogen-bond acceptors (Lipinski definition) is 2. The summed E-state index contributed by atoms with van der Waals surface area (Å²) in [5.41, 5.74) is 0.365. The van der Waals surface area contributed by atoms with Crippen molar-refractivity contribution in [3.05, 3.63) is 29.8 Å². The Morgan fingerprint density at radius 2 is 2.29 bits per heavy atom. The lowest BCUT2D eigenvalue weighted by atomic mass is 9.85. The monoisotopic (exact) mass is 296 g/mol. The first-order valence-corrected chi connectivity index (χ1v) is 7.45. The zero-order valence-electron chi connectivity index (χ0n) is 12.2. The molecule has 0 bridgehead atoms. The molecule has 2 unspecified atom stereocenters. The molecule has 1 aliphatic heterocycles. The Balaban J connectivity index is 1.87. The average molecular weight is 296 g/mol. The zero-order chi connectivity index (χ0) is 15.2. The highest BCUT2D eigenvalue weighted by atomic mass is 19.3. The van der Waals surface area contributed by atoms with Gasteiger partial charge in [-0.05, 0) is 49.9 Å². The minimum absolute atomic E-state index is 0.0719. The summed E-state index contributed by atoms with van der Waals surface area (Å²) in [6, 6.07) is 5.86. The molecule has 0 aliphatic carbocycles.